The summed E-state index contributed by atoms with van der Waals surface area (Å²) in [5.41, 5.74) is 1.55. The lowest BCUT2D eigenvalue weighted by molar-refractivity contribution is -0.384. The van der Waals surface area contributed by atoms with Gasteiger partial charge in [0.05, 0.1) is 10.4 Å². The molecule has 2 unspecified atom stereocenters. The second-order valence-electron chi connectivity index (χ2n) is 5.58. The summed E-state index contributed by atoms with van der Waals surface area (Å²) in [6, 6.07) is 8.09. The molecule has 6 heteroatoms. The lowest BCUT2D eigenvalue weighted by Gasteiger charge is -2.39. The molecule has 1 saturated heterocycles. The maximum absolute atomic E-state index is 11.4. The molecule has 6 nitrogen and oxygen atoms in total. The Morgan fingerprint density at radius 3 is 2.90 bits per heavy atom. The van der Waals surface area contributed by atoms with Crippen molar-refractivity contribution in [3.05, 3.63) is 40.6 Å². The van der Waals surface area contributed by atoms with Crippen LogP contribution in [0.3, 0.4) is 0 Å². The number of aromatic nitrogens is 1. The summed E-state index contributed by atoms with van der Waals surface area (Å²) in [6.45, 7) is 5.73. The summed E-state index contributed by atoms with van der Waals surface area (Å²) >= 11 is 0. The number of hydrogen-bond acceptors (Lipinski definition) is 5. The maximum atomic E-state index is 11.4. The Labute approximate surface area is 122 Å². The standard InChI is InChI=1S/C15H18N4O2/c1-10-9-18(11(2)7-16-10)15-12-5-3-4-6-13(12)17-8-14(15)19(20)21/h3-6,8,10-11,16H,7,9H2,1-2H3. The Bertz CT molecular complexity index is 688. The number of para-hydroxylation sites is 1. The average molecular weight is 286 g/mol. The van der Waals surface area contributed by atoms with E-state index < -0.39 is 0 Å². The van der Waals surface area contributed by atoms with Crippen LogP contribution in [0.25, 0.3) is 10.9 Å². The van der Waals surface area contributed by atoms with Gasteiger partial charge in [0.25, 0.3) is 0 Å². The van der Waals surface area contributed by atoms with E-state index in [-0.39, 0.29) is 16.7 Å². The lowest BCUT2D eigenvalue weighted by Crippen LogP contribution is -2.54. The molecule has 1 fully saturated rings. The zero-order valence-corrected chi connectivity index (χ0v) is 12.1. The Morgan fingerprint density at radius 2 is 2.14 bits per heavy atom. The topological polar surface area (TPSA) is 71.3 Å². The summed E-state index contributed by atoms with van der Waals surface area (Å²) in [5, 5.41) is 15.7. The van der Waals surface area contributed by atoms with Crippen LogP contribution in [-0.2, 0) is 0 Å². The van der Waals surface area contributed by atoms with Crippen LogP contribution in [0.5, 0.6) is 0 Å². The van der Waals surface area contributed by atoms with Crippen molar-refractivity contribution in [1.82, 2.24) is 10.3 Å². The smallest absolute Gasteiger partial charge is 0.311 e. The van der Waals surface area contributed by atoms with E-state index in [4.69, 9.17) is 0 Å². The Morgan fingerprint density at radius 1 is 1.38 bits per heavy atom. The molecule has 1 N–H and O–H groups in total. The summed E-state index contributed by atoms with van der Waals surface area (Å²) in [5.74, 6) is 0. The molecule has 21 heavy (non-hydrogen) atoms. The van der Waals surface area contributed by atoms with E-state index in [0.717, 1.165) is 24.0 Å². The molecule has 0 saturated carbocycles. The molecule has 0 spiro atoms. The van der Waals surface area contributed by atoms with Gasteiger partial charge in [0.1, 0.15) is 11.9 Å². The highest BCUT2D eigenvalue weighted by Crippen LogP contribution is 2.36. The third-order valence-corrected chi connectivity index (χ3v) is 3.98. The van der Waals surface area contributed by atoms with Crippen molar-refractivity contribution in [3.8, 4) is 0 Å². The first-order chi connectivity index (χ1) is 10.1. The van der Waals surface area contributed by atoms with Crippen molar-refractivity contribution in [1.29, 1.82) is 0 Å². The minimum absolute atomic E-state index is 0.0784. The van der Waals surface area contributed by atoms with Crippen LogP contribution >= 0.6 is 0 Å². The van der Waals surface area contributed by atoms with E-state index >= 15 is 0 Å². The number of nitrogens with one attached hydrogen (secondary N) is 1. The molecule has 2 heterocycles. The maximum Gasteiger partial charge on any atom is 0.311 e. The molecular weight excluding hydrogens is 268 g/mol. The molecular formula is C15H18N4O2. The van der Waals surface area contributed by atoms with Crippen molar-refractivity contribution in [2.45, 2.75) is 25.9 Å². The Hall–Kier alpha value is -2.21. The summed E-state index contributed by atoms with van der Waals surface area (Å²) < 4.78 is 0. The SMILES string of the molecule is CC1CN(c2c([N+](=O)[O-])cnc3ccccc23)C(C)CN1. The predicted octanol–water partition coefficient (Wildman–Crippen LogP) is 2.33. The molecule has 1 aromatic heterocycles. The number of rotatable bonds is 2. The second-order valence-corrected chi connectivity index (χ2v) is 5.58. The fourth-order valence-corrected chi connectivity index (χ4v) is 2.88. The molecule has 0 amide bonds. The van der Waals surface area contributed by atoms with Gasteiger partial charge in [0.2, 0.25) is 0 Å². The number of hydrogen-bond donors (Lipinski definition) is 1. The Balaban J connectivity index is 2.22. The molecule has 0 bridgehead atoms. The lowest BCUT2D eigenvalue weighted by atomic mass is 10.1. The highest BCUT2D eigenvalue weighted by atomic mass is 16.6. The fourth-order valence-electron chi connectivity index (χ4n) is 2.88. The van der Waals surface area contributed by atoms with Gasteiger partial charge in [-0.1, -0.05) is 18.2 Å². The number of piperazine rings is 1. The number of anilines is 1. The van der Waals surface area contributed by atoms with E-state index in [1.165, 1.54) is 6.20 Å². The molecule has 1 aromatic carbocycles. The van der Waals surface area contributed by atoms with E-state index in [1.807, 2.05) is 24.3 Å². The third kappa shape index (κ3) is 2.42. The highest BCUT2D eigenvalue weighted by molar-refractivity contribution is 5.96. The van der Waals surface area contributed by atoms with Crippen LogP contribution in [0.1, 0.15) is 13.8 Å². The largest absolute Gasteiger partial charge is 0.360 e. The quantitative estimate of drug-likeness (QED) is 0.677. The van der Waals surface area contributed by atoms with Crippen LogP contribution in [0.2, 0.25) is 0 Å². The van der Waals surface area contributed by atoms with E-state index in [2.05, 4.69) is 29.0 Å². The minimum Gasteiger partial charge on any atom is -0.360 e. The van der Waals surface area contributed by atoms with Gasteiger partial charge in [-0.2, -0.15) is 0 Å². The predicted molar refractivity (Wildman–Crippen MR) is 82.7 cm³/mol. The van der Waals surface area contributed by atoms with Gasteiger partial charge >= 0.3 is 5.69 Å². The van der Waals surface area contributed by atoms with Crippen LogP contribution in [0.4, 0.5) is 11.4 Å². The molecule has 2 atom stereocenters. The summed E-state index contributed by atoms with van der Waals surface area (Å²) in [4.78, 5) is 17.4. The number of pyridine rings is 1. The van der Waals surface area contributed by atoms with E-state index in [9.17, 15) is 10.1 Å². The molecule has 0 aliphatic carbocycles. The first-order valence-corrected chi connectivity index (χ1v) is 7.10. The van der Waals surface area contributed by atoms with Gasteiger partial charge in [-0.3, -0.25) is 10.1 Å². The highest BCUT2D eigenvalue weighted by Gasteiger charge is 2.30. The number of benzene rings is 1. The Kier molecular flexibility index (Phi) is 3.47. The van der Waals surface area contributed by atoms with Gasteiger partial charge < -0.3 is 10.2 Å². The molecule has 3 rings (SSSR count). The summed E-state index contributed by atoms with van der Waals surface area (Å²) in [7, 11) is 0. The summed E-state index contributed by atoms with van der Waals surface area (Å²) in [6.07, 6.45) is 1.37. The van der Waals surface area contributed by atoms with Gasteiger partial charge in [0.15, 0.2) is 0 Å². The van der Waals surface area contributed by atoms with E-state index in [1.54, 1.807) is 0 Å². The zero-order chi connectivity index (χ0) is 15.0. The second kappa shape index (κ2) is 5.29. The zero-order valence-electron chi connectivity index (χ0n) is 12.1. The monoisotopic (exact) mass is 286 g/mol. The first kappa shape index (κ1) is 13.8. The van der Waals surface area contributed by atoms with Crippen LogP contribution in [0.15, 0.2) is 30.5 Å². The molecule has 1 aliphatic heterocycles. The fraction of sp³-hybridized carbons (Fsp3) is 0.400. The van der Waals surface area contributed by atoms with Crippen molar-refractivity contribution >= 4 is 22.3 Å². The van der Waals surface area contributed by atoms with Crippen molar-refractivity contribution < 1.29 is 4.92 Å². The number of nitrogens with zero attached hydrogens (tertiary/aromatic N) is 3. The first-order valence-electron chi connectivity index (χ1n) is 7.10. The minimum atomic E-state index is -0.339. The van der Waals surface area contributed by atoms with Gasteiger partial charge in [-0.15, -0.1) is 0 Å². The van der Waals surface area contributed by atoms with Crippen LogP contribution in [0, 0.1) is 10.1 Å². The van der Waals surface area contributed by atoms with Crippen LogP contribution in [-0.4, -0.2) is 35.1 Å². The molecule has 1 aliphatic rings. The molecule has 2 aromatic rings. The van der Waals surface area contributed by atoms with Gasteiger partial charge in [-0.05, 0) is 19.9 Å². The number of nitro groups is 1. The van der Waals surface area contributed by atoms with Crippen LogP contribution < -0.4 is 10.2 Å². The van der Waals surface area contributed by atoms with Crippen molar-refractivity contribution in [2.24, 2.45) is 0 Å². The normalized spacial score (nSPS) is 22.5. The third-order valence-electron chi connectivity index (χ3n) is 3.98. The molecule has 110 valence electrons. The van der Waals surface area contributed by atoms with E-state index in [0.29, 0.717) is 11.7 Å². The number of fused-ring (bicyclic) bond motifs is 1. The molecule has 0 radical (unpaired) electrons. The van der Waals surface area contributed by atoms with Gasteiger partial charge in [0, 0.05) is 30.6 Å². The average Bonchev–Trinajstić information content (AvgIpc) is 2.48. The van der Waals surface area contributed by atoms with Crippen molar-refractivity contribution in [3.63, 3.8) is 0 Å². The van der Waals surface area contributed by atoms with Crippen molar-refractivity contribution in [2.75, 3.05) is 18.0 Å². The van der Waals surface area contributed by atoms with Gasteiger partial charge in [-0.25, -0.2) is 4.98 Å².